The van der Waals surface area contributed by atoms with Crippen LogP contribution in [0, 0.1) is 18.8 Å². The summed E-state index contributed by atoms with van der Waals surface area (Å²) in [5.74, 6) is 2.56. The molecule has 0 amide bonds. The molecule has 0 saturated heterocycles. The van der Waals surface area contributed by atoms with Gasteiger partial charge in [-0.15, -0.1) is 0 Å². The van der Waals surface area contributed by atoms with Gasteiger partial charge in [-0.1, -0.05) is 30.5 Å². The Balaban J connectivity index is 1.24. The van der Waals surface area contributed by atoms with Crippen LogP contribution in [0.4, 0.5) is 5.82 Å². The third kappa shape index (κ3) is 4.81. The van der Waals surface area contributed by atoms with Crippen molar-refractivity contribution in [2.75, 3.05) is 23.5 Å². The molecule has 0 atom stereocenters. The van der Waals surface area contributed by atoms with E-state index < -0.39 is 9.84 Å². The van der Waals surface area contributed by atoms with Crippen LogP contribution in [0.2, 0.25) is 0 Å². The maximum absolute atomic E-state index is 12.4. The molecule has 5 rings (SSSR count). The number of benzene rings is 1. The van der Waals surface area contributed by atoms with Gasteiger partial charge >= 0.3 is 0 Å². The van der Waals surface area contributed by atoms with Crippen LogP contribution in [0.25, 0.3) is 11.0 Å². The second-order valence-corrected chi connectivity index (χ2v) is 12.7. The van der Waals surface area contributed by atoms with E-state index in [1.54, 1.807) is 18.3 Å². The highest BCUT2D eigenvalue weighted by atomic mass is 32.2. The number of fused-ring (bicyclic) bond motifs is 1. The monoisotopic (exact) mass is 470 g/mol. The summed E-state index contributed by atoms with van der Waals surface area (Å²) in [6.07, 6.45) is 8.76. The Bertz CT molecular complexity index is 1200. The molecule has 2 aliphatic carbocycles. The molecule has 1 aromatic carbocycles. The van der Waals surface area contributed by atoms with E-state index in [-0.39, 0.29) is 5.92 Å². The molecule has 0 N–H and O–H groups in total. The molecule has 3 aromatic rings. The number of aromatic nitrogens is 3. The number of nitrogens with zero attached hydrogens (tertiary/aromatic N) is 4. The average molecular weight is 471 g/mol. The lowest BCUT2D eigenvalue weighted by Crippen LogP contribution is -2.45. The van der Waals surface area contributed by atoms with Crippen LogP contribution in [0.15, 0.2) is 47.8 Å². The highest BCUT2D eigenvalue weighted by Gasteiger charge is 2.36. The normalized spacial score (nSPS) is 20.9. The molecule has 2 saturated carbocycles. The Morgan fingerprint density at radius 2 is 1.84 bits per heavy atom. The summed E-state index contributed by atoms with van der Waals surface area (Å²) >= 11 is 1.64. The lowest BCUT2D eigenvalue weighted by molar-refractivity contribution is 0.282. The van der Waals surface area contributed by atoms with Crippen LogP contribution >= 0.6 is 11.9 Å². The minimum absolute atomic E-state index is 0.269. The Labute approximate surface area is 194 Å². The van der Waals surface area contributed by atoms with Crippen molar-refractivity contribution in [3.8, 4) is 0 Å². The molecule has 170 valence electrons. The summed E-state index contributed by atoms with van der Waals surface area (Å²) in [5, 5.41) is 1.02. The molecular formula is C24H30N4O2S2. The molecule has 32 heavy (non-hydrogen) atoms. The lowest BCUT2D eigenvalue weighted by Gasteiger charge is -2.41. The van der Waals surface area contributed by atoms with Gasteiger partial charge in [0, 0.05) is 24.2 Å². The van der Waals surface area contributed by atoms with E-state index in [0.717, 1.165) is 41.0 Å². The third-order valence-electron chi connectivity index (χ3n) is 6.77. The van der Waals surface area contributed by atoms with Crippen LogP contribution in [0.5, 0.6) is 0 Å². The second kappa shape index (κ2) is 8.71. The van der Waals surface area contributed by atoms with Crippen molar-refractivity contribution in [3.05, 3.63) is 48.4 Å². The predicted octanol–water partition coefficient (Wildman–Crippen LogP) is 4.72. The van der Waals surface area contributed by atoms with Crippen LogP contribution in [-0.2, 0) is 9.84 Å². The number of sulfone groups is 1. The van der Waals surface area contributed by atoms with Gasteiger partial charge in [0.25, 0.3) is 0 Å². The quantitative estimate of drug-likeness (QED) is 0.451. The van der Waals surface area contributed by atoms with E-state index in [2.05, 4.69) is 63.1 Å². The fraction of sp³-hybridized carbons (Fsp3) is 0.500. The van der Waals surface area contributed by atoms with Crippen molar-refractivity contribution in [2.24, 2.45) is 11.8 Å². The van der Waals surface area contributed by atoms with Gasteiger partial charge in [-0.25, -0.2) is 18.4 Å². The van der Waals surface area contributed by atoms with Crippen molar-refractivity contribution in [1.29, 1.82) is 0 Å². The zero-order valence-corrected chi connectivity index (χ0v) is 20.3. The van der Waals surface area contributed by atoms with E-state index >= 15 is 0 Å². The molecule has 6 nitrogen and oxygen atoms in total. The molecule has 0 bridgehead atoms. The molecule has 0 aliphatic heterocycles. The molecule has 2 fully saturated rings. The van der Waals surface area contributed by atoms with Crippen molar-refractivity contribution < 1.29 is 8.42 Å². The van der Waals surface area contributed by atoms with Gasteiger partial charge in [0.05, 0.1) is 16.9 Å². The van der Waals surface area contributed by atoms with Gasteiger partial charge in [0.15, 0.2) is 15.5 Å². The van der Waals surface area contributed by atoms with Crippen molar-refractivity contribution in [2.45, 2.75) is 50.0 Å². The Kier molecular flexibility index (Phi) is 5.92. The Morgan fingerprint density at radius 1 is 1.09 bits per heavy atom. The van der Waals surface area contributed by atoms with Crippen molar-refractivity contribution in [3.63, 3.8) is 0 Å². The highest BCUT2D eigenvalue weighted by Crippen LogP contribution is 2.38. The maximum atomic E-state index is 12.4. The number of hydrogen-bond acceptors (Lipinski definition) is 6. The van der Waals surface area contributed by atoms with Crippen LogP contribution in [0.3, 0.4) is 0 Å². The molecule has 0 spiro atoms. The zero-order valence-electron chi connectivity index (χ0n) is 18.6. The number of anilines is 1. The Hall–Kier alpha value is -2.06. The summed E-state index contributed by atoms with van der Waals surface area (Å²) in [5.41, 5.74) is 2.14. The van der Waals surface area contributed by atoms with Gasteiger partial charge in [-0.2, -0.15) is 0 Å². The van der Waals surface area contributed by atoms with Crippen LogP contribution in [-0.4, -0.2) is 47.0 Å². The molecule has 0 unspecified atom stereocenters. The number of aryl methyl sites for hydroxylation is 1. The summed E-state index contributed by atoms with van der Waals surface area (Å²) in [6.45, 7) is 2.09. The first-order chi connectivity index (χ1) is 15.4. The second-order valence-electron chi connectivity index (χ2n) is 9.43. The van der Waals surface area contributed by atoms with Gasteiger partial charge in [0.2, 0.25) is 0 Å². The lowest BCUT2D eigenvalue weighted by atomic mass is 9.81. The van der Waals surface area contributed by atoms with Gasteiger partial charge in [-0.05, 0) is 68.2 Å². The summed E-state index contributed by atoms with van der Waals surface area (Å²) < 4.78 is 26.9. The standard InChI is InChI=1S/C24H30N4O2S2/c1-17-3-7-21(8-4-17)31-28-11-9-22-23(25-16-26-24(22)28)27(2)20-13-19(14-20)15-32(29,30)12-10-18-5-6-18/h3-4,7-9,11,16,18-20H,5-6,10,12-15H2,1-2H3. The topological polar surface area (TPSA) is 68.1 Å². The summed E-state index contributed by atoms with van der Waals surface area (Å²) in [4.78, 5) is 12.5. The molecule has 2 heterocycles. The van der Waals surface area contributed by atoms with Crippen LogP contribution < -0.4 is 4.90 Å². The smallest absolute Gasteiger partial charge is 0.155 e. The van der Waals surface area contributed by atoms with Gasteiger partial charge in [0.1, 0.15) is 12.1 Å². The minimum Gasteiger partial charge on any atom is -0.356 e. The molecular weight excluding hydrogens is 440 g/mol. The highest BCUT2D eigenvalue weighted by molar-refractivity contribution is 7.98. The fourth-order valence-electron chi connectivity index (χ4n) is 4.50. The molecule has 2 aliphatic rings. The maximum Gasteiger partial charge on any atom is 0.155 e. The number of rotatable bonds is 9. The SMILES string of the molecule is Cc1ccc(Sn2ccc3c(N(C)C4CC(CS(=O)(=O)CCC5CC5)C4)ncnc32)cc1. The van der Waals surface area contributed by atoms with Crippen LogP contribution in [0.1, 0.15) is 37.7 Å². The Morgan fingerprint density at radius 3 is 2.56 bits per heavy atom. The summed E-state index contributed by atoms with van der Waals surface area (Å²) in [6, 6.07) is 10.9. The van der Waals surface area contributed by atoms with Crippen molar-refractivity contribution in [1.82, 2.24) is 13.9 Å². The van der Waals surface area contributed by atoms with E-state index in [0.29, 0.717) is 23.5 Å². The van der Waals surface area contributed by atoms with Gasteiger partial charge in [-0.3, -0.25) is 3.97 Å². The first-order valence-corrected chi connectivity index (χ1v) is 14.0. The first-order valence-electron chi connectivity index (χ1n) is 11.4. The van der Waals surface area contributed by atoms with E-state index in [1.165, 1.54) is 18.4 Å². The zero-order chi connectivity index (χ0) is 22.3. The predicted molar refractivity (Wildman–Crippen MR) is 131 cm³/mol. The van der Waals surface area contributed by atoms with E-state index in [1.807, 2.05) is 6.20 Å². The minimum atomic E-state index is -2.92. The largest absolute Gasteiger partial charge is 0.356 e. The van der Waals surface area contributed by atoms with E-state index in [4.69, 9.17) is 0 Å². The molecule has 0 radical (unpaired) electrons. The molecule has 8 heteroatoms. The number of hydrogen-bond donors (Lipinski definition) is 0. The summed E-state index contributed by atoms with van der Waals surface area (Å²) in [7, 11) is -0.860. The van der Waals surface area contributed by atoms with E-state index in [9.17, 15) is 8.42 Å². The third-order valence-corrected chi connectivity index (χ3v) is 9.58. The first kappa shape index (κ1) is 21.8. The van der Waals surface area contributed by atoms with Gasteiger partial charge < -0.3 is 4.90 Å². The fourth-order valence-corrected chi connectivity index (χ4v) is 7.19. The van der Waals surface area contributed by atoms with Crippen molar-refractivity contribution >= 4 is 38.6 Å². The molecule has 2 aromatic heterocycles. The average Bonchev–Trinajstić information content (AvgIpc) is 3.50.